The van der Waals surface area contributed by atoms with Gasteiger partial charge in [0.05, 0.1) is 0 Å². The minimum atomic E-state index is -2.73. The number of ketones is 3. The number of hydrogen-bond donors (Lipinski definition) is 0. The van der Waals surface area contributed by atoms with Crippen molar-refractivity contribution in [3.8, 4) is 0 Å². The van der Waals surface area contributed by atoms with Gasteiger partial charge < -0.3 is 0 Å². The summed E-state index contributed by atoms with van der Waals surface area (Å²) in [6.45, 7) is 1.44. The van der Waals surface area contributed by atoms with Gasteiger partial charge in [0.25, 0.3) is 6.43 Å². The fourth-order valence-electron chi connectivity index (χ4n) is 3.49. The van der Waals surface area contributed by atoms with E-state index in [1.165, 1.54) is 13.0 Å². The molecule has 2 aliphatic carbocycles. The Balaban J connectivity index is 1.94. The van der Waals surface area contributed by atoms with Crippen molar-refractivity contribution >= 4 is 17.3 Å². The zero-order chi connectivity index (χ0) is 16.0. The van der Waals surface area contributed by atoms with Gasteiger partial charge in [-0.1, -0.05) is 0 Å². The van der Waals surface area contributed by atoms with Crippen molar-refractivity contribution in [2.45, 2.75) is 32.6 Å². The molecule has 0 aliphatic heterocycles. The first-order valence-corrected chi connectivity index (χ1v) is 7.27. The van der Waals surface area contributed by atoms with Crippen LogP contribution in [0.2, 0.25) is 0 Å². The molecule has 1 aromatic heterocycles. The van der Waals surface area contributed by atoms with Crippen molar-refractivity contribution in [1.82, 2.24) is 4.98 Å². The van der Waals surface area contributed by atoms with Crippen LogP contribution in [0.1, 0.15) is 47.4 Å². The molecule has 2 aliphatic rings. The molecule has 116 valence electrons. The van der Waals surface area contributed by atoms with Gasteiger partial charge in [-0.25, -0.2) is 8.78 Å². The summed E-state index contributed by atoms with van der Waals surface area (Å²) in [4.78, 5) is 40.9. The predicted molar refractivity (Wildman–Crippen MR) is 72.6 cm³/mol. The minimum Gasteiger partial charge on any atom is -0.298 e. The molecule has 0 spiro atoms. The van der Waals surface area contributed by atoms with Crippen LogP contribution >= 0.6 is 0 Å². The van der Waals surface area contributed by atoms with Crippen molar-refractivity contribution in [3.05, 3.63) is 29.1 Å². The van der Waals surface area contributed by atoms with Crippen LogP contribution in [0.4, 0.5) is 8.78 Å². The smallest absolute Gasteiger partial charge is 0.280 e. The second-order valence-corrected chi connectivity index (χ2v) is 5.98. The number of carbonyl (C=O) groups excluding carboxylic acids is 3. The minimum absolute atomic E-state index is 0.0809. The van der Waals surface area contributed by atoms with E-state index in [2.05, 4.69) is 4.98 Å². The number of halogens is 2. The molecule has 0 amide bonds. The predicted octanol–water partition coefficient (Wildman–Crippen LogP) is 2.69. The van der Waals surface area contributed by atoms with E-state index in [0.29, 0.717) is 19.3 Å². The van der Waals surface area contributed by atoms with Gasteiger partial charge in [0, 0.05) is 23.1 Å². The third kappa shape index (κ3) is 2.26. The maximum atomic E-state index is 12.6. The van der Waals surface area contributed by atoms with E-state index in [0.717, 1.165) is 6.07 Å². The van der Waals surface area contributed by atoms with Gasteiger partial charge in [-0.2, -0.15) is 0 Å². The normalized spacial score (nSPS) is 27.5. The number of hydrogen-bond acceptors (Lipinski definition) is 4. The largest absolute Gasteiger partial charge is 0.298 e. The van der Waals surface area contributed by atoms with Crippen LogP contribution in [0, 0.1) is 24.7 Å². The molecular formula is C16H15F2NO3. The number of rotatable bonds is 3. The fraction of sp³-hybridized carbons (Fsp3) is 0.500. The van der Waals surface area contributed by atoms with Crippen LogP contribution in [0.15, 0.2) is 12.1 Å². The SMILES string of the molecule is Cc1nc(C(F)F)ccc1C(=O)C1C(=O)C2CCC(C2)C1=O. The molecule has 22 heavy (non-hydrogen) atoms. The first kappa shape index (κ1) is 14.9. The Bertz CT molecular complexity index is 649. The summed E-state index contributed by atoms with van der Waals surface area (Å²) in [7, 11) is 0. The highest BCUT2D eigenvalue weighted by Gasteiger charge is 2.50. The summed E-state index contributed by atoms with van der Waals surface area (Å²) in [5.41, 5.74) is -0.214. The molecule has 0 aromatic carbocycles. The van der Waals surface area contributed by atoms with E-state index in [1.54, 1.807) is 0 Å². The molecule has 2 atom stereocenters. The molecule has 2 unspecified atom stereocenters. The molecular weight excluding hydrogens is 292 g/mol. The van der Waals surface area contributed by atoms with Gasteiger partial charge in [-0.3, -0.25) is 19.4 Å². The zero-order valence-electron chi connectivity index (χ0n) is 12.0. The molecule has 3 rings (SSSR count). The van der Waals surface area contributed by atoms with Crippen molar-refractivity contribution < 1.29 is 23.2 Å². The number of Topliss-reactive ketones (excluding diaryl/α,β-unsaturated/α-hetero) is 3. The molecule has 2 saturated carbocycles. The molecule has 1 aromatic rings. The Labute approximate surface area is 125 Å². The number of aryl methyl sites for hydroxylation is 1. The maximum Gasteiger partial charge on any atom is 0.280 e. The van der Waals surface area contributed by atoms with Crippen LogP contribution in [-0.2, 0) is 9.59 Å². The molecule has 4 nitrogen and oxygen atoms in total. The number of alkyl halides is 2. The first-order chi connectivity index (χ1) is 10.4. The van der Waals surface area contributed by atoms with Gasteiger partial charge in [0.15, 0.2) is 17.3 Å². The van der Waals surface area contributed by atoms with E-state index >= 15 is 0 Å². The summed E-state index contributed by atoms with van der Waals surface area (Å²) in [5, 5.41) is 0. The second-order valence-electron chi connectivity index (χ2n) is 5.98. The summed E-state index contributed by atoms with van der Waals surface area (Å²) in [6.07, 6.45) is -0.874. The summed E-state index contributed by atoms with van der Waals surface area (Å²) in [6, 6.07) is 2.31. The quantitative estimate of drug-likeness (QED) is 0.636. The second kappa shape index (κ2) is 5.34. The first-order valence-electron chi connectivity index (χ1n) is 7.27. The zero-order valence-corrected chi connectivity index (χ0v) is 12.0. The van der Waals surface area contributed by atoms with Crippen LogP contribution in [-0.4, -0.2) is 22.3 Å². The lowest BCUT2D eigenvalue weighted by Gasteiger charge is -2.24. The Morgan fingerprint density at radius 1 is 1.18 bits per heavy atom. The Morgan fingerprint density at radius 3 is 2.27 bits per heavy atom. The van der Waals surface area contributed by atoms with E-state index in [1.807, 2.05) is 0 Å². The van der Waals surface area contributed by atoms with Gasteiger partial charge in [0.2, 0.25) is 0 Å². The Hall–Kier alpha value is -1.98. The molecule has 1 heterocycles. The van der Waals surface area contributed by atoms with E-state index in [-0.39, 0.29) is 34.7 Å². The molecule has 2 bridgehead atoms. The lowest BCUT2D eigenvalue weighted by Crippen LogP contribution is -2.41. The number of aromatic nitrogens is 1. The maximum absolute atomic E-state index is 12.6. The lowest BCUT2D eigenvalue weighted by molar-refractivity contribution is -0.137. The summed E-state index contributed by atoms with van der Waals surface area (Å²) >= 11 is 0. The average molecular weight is 307 g/mol. The number of carbonyl (C=O) groups is 3. The van der Waals surface area contributed by atoms with Crippen molar-refractivity contribution in [3.63, 3.8) is 0 Å². The molecule has 0 saturated heterocycles. The van der Waals surface area contributed by atoms with E-state index < -0.39 is 23.8 Å². The highest BCUT2D eigenvalue weighted by molar-refractivity contribution is 6.26. The van der Waals surface area contributed by atoms with Crippen LogP contribution in [0.3, 0.4) is 0 Å². The van der Waals surface area contributed by atoms with Crippen molar-refractivity contribution in [2.75, 3.05) is 0 Å². The Morgan fingerprint density at radius 2 is 1.77 bits per heavy atom. The molecule has 0 N–H and O–H groups in total. The van der Waals surface area contributed by atoms with Gasteiger partial charge >= 0.3 is 0 Å². The average Bonchev–Trinajstić information content (AvgIpc) is 2.92. The topological polar surface area (TPSA) is 64.1 Å². The third-order valence-corrected chi connectivity index (χ3v) is 4.66. The Kier molecular flexibility index (Phi) is 3.62. The molecule has 0 radical (unpaired) electrons. The van der Waals surface area contributed by atoms with Gasteiger partial charge in [0.1, 0.15) is 11.6 Å². The highest BCUT2D eigenvalue weighted by Crippen LogP contribution is 2.41. The number of fused-ring (bicyclic) bond motifs is 2. The van der Waals surface area contributed by atoms with E-state index in [9.17, 15) is 23.2 Å². The fourth-order valence-corrected chi connectivity index (χ4v) is 3.49. The van der Waals surface area contributed by atoms with E-state index in [4.69, 9.17) is 0 Å². The van der Waals surface area contributed by atoms with Crippen LogP contribution < -0.4 is 0 Å². The van der Waals surface area contributed by atoms with Gasteiger partial charge in [-0.15, -0.1) is 0 Å². The monoisotopic (exact) mass is 307 g/mol. The van der Waals surface area contributed by atoms with Crippen molar-refractivity contribution in [1.29, 1.82) is 0 Å². The molecule has 2 fully saturated rings. The standard InChI is InChI=1S/C16H15F2NO3/c1-7-10(4-5-11(19-7)16(17)18)15(22)12-13(20)8-2-3-9(6-8)14(12)21/h4-5,8-9,12,16H,2-3,6H2,1H3. The number of pyridine rings is 1. The van der Waals surface area contributed by atoms with Crippen LogP contribution in [0.25, 0.3) is 0 Å². The van der Waals surface area contributed by atoms with Gasteiger partial charge in [-0.05, 0) is 38.3 Å². The molecule has 6 heteroatoms. The lowest BCUT2D eigenvalue weighted by atomic mass is 9.75. The van der Waals surface area contributed by atoms with Crippen LogP contribution in [0.5, 0.6) is 0 Å². The third-order valence-electron chi connectivity index (χ3n) is 4.66. The summed E-state index contributed by atoms with van der Waals surface area (Å²) < 4.78 is 25.2. The highest BCUT2D eigenvalue weighted by atomic mass is 19.3. The number of nitrogens with zero attached hydrogens (tertiary/aromatic N) is 1. The van der Waals surface area contributed by atoms with Crippen molar-refractivity contribution in [2.24, 2.45) is 17.8 Å². The summed E-state index contributed by atoms with van der Waals surface area (Å²) in [5.74, 6) is -2.95.